The van der Waals surface area contributed by atoms with Crippen LogP contribution in [0.4, 0.5) is 5.69 Å². The molecule has 0 radical (unpaired) electrons. The quantitative estimate of drug-likeness (QED) is 0.214. The molecule has 0 aliphatic carbocycles. The standard InChI is InChI=1S/C27H30N2OS/c1-18-9-8-16-29(17-18)24(26(31)28-23-19(2)10-7-11-20(23)3)25(30)21-12-14-22(15-13-21)27(4,5)6/h7-17H,1-6H3,(H-,28,30,31)/p+1. The molecular formula is C27H31N2OS+. The molecule has 0 aliphatic rings. The zero-order valence-electron chi connectivity index (χ0n) is 19.2. The van der Waals surface area contributed by atoms with Gasteiger partial charge >= 0.3 is 0 Å². The van der Waals surface area contributed by atoms with Crippen molar-refractivity contribution in [2.45, 2.75) is 47.0 Å². The summed E-state index contributed by atoms with van der Waals surface area (Å²) in [5, 5.41) is 14.7. The van der Waals surface area contributed by atoms with Crippen LogP contribution in [0.25, 0.3) is 11.5 Å². The lowest BCUT2D eigenvalue weighted by molar-refractivity contribution is -0.576. The molecule has 1 heterocycles. The predicted molar refractivity (Wildman–Crippen MR) is 134 cm³/mol. The van der Waals surface area contributed by atoms with E-state index in [2.05, 4.69) is 38.2 Å². The topological polar surface area (TPSA) is 36.1 Å². The first-order valence-electron chi connectivity index (χ1n) is 10.5. The van der Waals surface area contributed by atoms with Gasteiger partial charge in [0.25, 0.3) is 5.70 Å². The smallest absolute Gasteiger partial charge is 0.288 e. The number of anilines is 1. The van der Waals surface area contributed by atoms with E-state index in [4.69, 9.17) is 12.2 Å². The van der Waals surface area contributed by atoms with E-state index in [1.807, 2.05) is 80.2 Å². The average molecular weight is 432 g/mol. The van der Waals surface area contributed by atoms with Gasteiger partial charge < -0.3 is 10.4 Å². The highest BCUT2D eigenvalue weighted by atomic mass is 32.1. The van der Waals surface area contributed by atoms with Crippen molar-refractivity contribution in [3.8, 4) is 0 Å². The highest BCUT2D eigenvalue weighted by Crippen LogP contribution is 2.26. The van der Waals surface area contributed by atoms with Crippen molar-refractivity contribution < 1.29 is 9.67 Å². The number of hydrogen-bond donors (Lipinski definition) is 2. The minimum Gasteiger partial charge on any atom is -0.502 e. The average Bonchev–Trinajstić information content (AvgIpc) is 2.70. The van der Waals surface area contributed by atoms with Crippen LogP contribution in [0.3, 0.4) is 0 Å². The van der Waals surface area contributed by atoms with Crippen LogP contribution in [0, 0.1) is 20.8 Å². The lowest BCUT2D eigenvalue weighted by Crippen LogP contribution is -2.39. The number of benzene rings is 2. The number of nitrogens with one attached hydrogen (secondary N) is 1. The van der Waals surface area contributed by atoms with Gasteiger partial charge in [0, 0.05) is 22.9 Å². The van der Waals surface area contributed by atoms with E-state index in [9.17, 15) is 5.11 Å². The molecule has 2 N–H and O–H groups in total. The van der Waals surface area contributed by atoms with Gasteiger partial charge in [-0.25, -0.2) is 0 Å². The van der Waals surface area contributed by atoms with E-state index in [1.165, 1.54) is 5.56 Å². The third-order valence-electron chi connectivity index (χ3n) is 5.39. The molecule has 0 saturated carbocycles. The van der Waals surface area contributed by atoms with Crippen LogP contribution >= 0.6 is 12.2 Å². The summed E-state index contributed by atoms with van der Waals surface area (Å²) < 4.78 is 1.88. The molecule has 0 spiro atoms. The zero-order valence-corrected chi connectivity index (χ0v) is 20.0. The summed E-state index contributed by atoms with van der Waals surface area (Å²) in [5.41, 5.74) is 6.78. The van der Waals surface area contributed by atoms with Crippen molar-refractivity contribution in [1.82, 2.24) is 0 Å². The van der Waals surface area contributed by atoms with Gasteiger partial charge in [-0.3, -0.25) is 0 Å². The van der Waals surface area contributed by atoms with Gasteiger partial charge in [-0.05, 0) is 48.9 Å². The second-order valence-corrected chi connectivity index (χ2v) is 9.44. The number of thiocarbonyl (C=S) groups is 1. The number of aliphatic hydroxyl groups is 1. The molecule has 160 valence electrons. The predicted octanol–water partition coefficient (Wildman–Crippen LogP) is 6.52. The number of para-hydroxylation sites is 1. The van der Waals surface area contributed by atoms with Gasteiger partial charge in [-0.15, -0.1) is 0 Å². The fraction of sp³-hybridized carbons (Fsp3) is 0.259. The van der Waals surface area contributed by atoms with Gasteiger partial charge in [-0.1, -0.05) is 75.5 Å². The Balaban J connectivity index is 2.11. The lowest BCUT2D eigenvalue weighted by atomic mass is 9.86. The first-order chi connectivity index (χ1) is 14.6. The van der Waals surface area contributed by atoms with Crippen LogP contribution in [0.5, 0.6) is 0 Å². The molecule has 0 unspecified atom stereocenters. The van der Waals surface area contributed by atoms with Gasteiger partial charge in [0.1, 0.15) is 0 Å². The first kappa shape index (κ1) is 22.7. The Bertz CT molecular complexity index is 1120. The van der Waals surface area contributed by atoms with E-state index in [1.54, 1.807) is 0 Å². The summed E-state index contributed by atoms with van der Waals surface area (Å²) in [6.45, 7) is 12.6. The van der Waals surface area contributed by atoms with Crippen molar-refractivity contribution in [3.63, 3.8) is 0 Å². The Hall–Kier alpha value is -2.98. The number of pyridine rings is 1. The second kappa shape index (κ2) is 9.03. The Kier molecular flexibility index (Phi) is 6.61. The Morgan fingerprint density at radius 1 is 0.903 bits per heavy atom. The van der Waals surface area contributed by atoms with Crippen LogP contribution in [-0.4, -0.2) is 10.1 Å². The fourth-order valence-electron chi connectivity index (χ4n) is 3.53. The van der Waals surface area contributed by atoms with E-state index >= 15 is 0 Å². The molecule has 3 aromatic rings. The van der Waals surface area contributed by atoms with Gasteiger partial charge in [0.15, 0.2) is 23.1 Å². The molecule has 0 saturated heterocycles. The van der Waals surface area contributed by atoms with Crippen LogP contribution in [0.2, 0.25) is 0 Å². The van der Waals surface area contributed by atoms with E-state index < -0.39 is 0 Å². The van der Waals surface area contributed by atoms with E-state index in [-0.39, 0.29) is 11.2 Å². The lowest BCUT2D eigenvalue weighted by Gasteiger charge is -2.19. The number of aryl methyl sites for hydroxylation is 3. The molecule has 0 aliphatic heterocycles. The monoisotopic (exact) mass is 431 g/mol. The first-order valence-corrected chi connectivity index (χ1v) is 10.9. The third-order valence-corrected chi connectivity index (χ3v) is 5.69. The number of hydrogen-bond acceptors (Lipinski definition) is 2. The molecule has 0 fully saturated rings. The largest absolute Gasteiger partial charge is 0.502 e. The molecule has 31 heavy (non-hydrogen) atoms. The van der Waals surface area contributed by atoms with Crippen molar-refractivity contribution in [2.24, 2.45) is 0 Å². The summed E-state index contributed by atoms with van der Waals surface area (Å²) in [7, 11) is 0. The van der Waals surface area contributed by atoms with Crippen molar-refractivity contribution >= 4 is 34.3 Å². The number of rotatable bonds is 4. The summed E-state index contributed by atoms with van der Waals surface area (Å²) in [5.74, 6) is 0.139. The van der Waals surface area contributed by atoms with Crippen molar-refractivity contribution in [1.29, 1.82) is 0 Å². The SMILES string of the molecule is Cc1ccc[n+](/C(C(=S)Nc2c(C)cccc2C)=C(/O)c2ccc(C(C)(C)C)cc2)c1. The second-order valence-electron chi connectivity index (χ2n) is 9.03. The van der Waals surface area contributed by atoms with Crippen LogP contribution in [0.15, 0.2) is 67.0 Å². The maximum absolute atomic E-state index is 11.3. The number of aromatic nitrogens is 1. The van der Waals surface area contributed by atoms with Crippen molar-refractivity contribution in [2.75, 3.05) is 5.32 Å². The van der Waals surface area contributed by atoms with E-state index in [0.717, 1.165) is 27.9 Å². The molecule has 0 atom stereocenters. The Morgan fingerprint density at radius 3 is 2.06 bits per heavy atom. The zero-order chi connectivity index (χ0) is 22.8. The maximum atomic E-state index is 11.3. The van der Waals surface area contributed by atoms with Gasteiger partial charge in [0.05, 0.1) is 0 Å². The minimum absolute atomic E-state index is 0.0468. The van der Waals surface area contributed by atoms with Crippen molar-refractivity contribution in [3.05, 3.63) is 94.8 Å². The molecular weight excluding hydrogens is 400 g/mol. The molecule has 0 bridgehead atoms. The molecule has 1 aromatic heterocycles. The Labute approximate surface area is 191 Å². The molecule has 4 heteroatoms. The minimum atomic E-state index is 0.0468. The summed E-state index contributed by atoms with van der Waals surface area (Å²) in [6, 6.07) is 18.1. The highest BCUT2D eigenvalue weighted by molar-refractivity contribution is 7.81. The van der Waals surface area contributed by atoms with Gasteiger partial charge in [-0.2, -0.15) is 4.57 Å². The number of nitrogens with zero attached hydrogens (tertiary/aromatic N) is 1. The molecule has 3 nitrogen and oxygen atoms in total. The van der Waals surface area contributed by atoms with Crippen LogP contribution in [-0.2, 0) is 5.41 Å². The highest BCUT2D eigenvalue weighted by Gasteiger charge is 2.25. The number of aliphatic hydroxyl groups excluding tert-OH is 1. The van der Waals surface area contributed by atoms with Gasteiger partial charge in [0.2, 0.25) is 0 Å². The van der Waals surface area contributed by atoms with E-state index in [0.29, 0.717) is 10.7 Å². The molecule has 3 rings (SSSR count). The summed E-state index contributed by atoms with van der Waals surface area (Å²) in [6.07, 6.45) is 3.87. The normalized spacial score (nSPS) is 12.3. The third kappa shape index (κ3) is 5.20. The maximum Gasteiger partial charge on any atom is 0.288 e. The fourth-order valence-corrected chi connectivity index (χ4v) is 3.83. The van der Waals surface area contributed by atoms with Crippen LogP contribution < -0.4 is 9.88 Å². The molecule has 0 amide bonds. The Morgan fingerprint density at radius 2 is 1.52 bits per heavy atom. The summed E-state index contributed by atoms with van der Waals surface area (Å²) >= 11 is 5.81. The van der Waals surface area contributed by atoms with Crippen LogP contribution in [0.1, 0.15) is 48.6 Å². The molecule has 2 aromatic carbocycles. The summed E-state index contributed by atoms with van der Waals surface area (Å²) in [4.78, 5) is 0.463.